The number of amides is 3. The molecule has 0 aliphatic carbocycles. The zero-order valence-corrected chi connectivity index (χ0v) is 15.6. The molecule has 3 rings (SSSR count). The van der Waals surface area contributed by atoms with Gasteiger partial charge in [0.2, 0.25) is 5.91 Å². The Bertz CT molecular complexity index is 743. The highest BCUT2D eigenvalue weighted by Gasteiger charge is 2.25. The minimum absolute atomic E-state index is 0.0439. The van der Waals surface area contributed by atoms with Crippen molar-refractivity contribution in [2.45, 2.75) is 19.5 Å². The van der Waals surface area contributed by atoms with E-state index < -0.39 is 6.04 Å². The Morgan fingerprint density at radius 1 is 0.926 bits per heavy atom. The van der Waals surface area contributed by atoms with Gasteiger partial charge in [-0.25, -0.2) is 4.79 Å². The van der Waals surface area contributed by atoms with Gasteiger partial charge in [-0.2, -0.15) is 0 Å². The number of carbonyl (C=O) groups is 2. The van der Waals surface area contributed by atoms with E-state index in [1.807, 2.05) is 41.3 Å². The quantitative estimate of drug-likeness (QED) is 0.855. The summed E-state index contributed by atoms with van der Waals surface area (Å²) in [5, 5.41) is 5.46. The zero-order valence-electron chi connectivity index (χ0n) is 15.6. The molecule has 1 heterocycles. The maximum atomic E-state index is 12.6. The highest BCUT2D eigenvalue weighted by Crippen LogP contribution is 2.10. The van der Waals surface area contributed by atoms with Gasteiger partial charge in [-0.3, -0.25) is 9.69 Å². The van der Waals surface area contributed by atoms with Crippen molar-refractivity contribution in [3.63, 3.8) is 0 Å². The average molecular weight is 366 g/mol. The number of rotatable bonds is 5. The number of hydrogen-bond donors (Lipinski definition) is 2. The molecule has 0 spiro atoms. The third kappa shape index (κ3) is 5.56. The number of para-hydroxylation sites is 1. The number of anilines is 1. The molecule has 1 aliphatic rings. The van der Waals surface area contributed by atoms with Crippen LogP contribution in [0.3, 0.4) is 0 Å². The van der Waals surface area contributed by atoms with E-state index in [2.05, 4.69) is 27.7 Å². The number of nitrogens with zero attached hydrogens (tertiary/aromatic N) is 2. The molecule has 0 aromatic heterocycles. The predicted octanol–water partition coefficient (Wildman–Crippen LogP) is 2.54. The third-order valence-electron chi connectivity index (χ3n) is 4.68. The van der Waals surface area contributed by atoms with Crippen LogP contribution in [-0.2, 0) is 11.3 Å². The molecule has 0 unspecified atom stereocenters. The number of carbonyl (C=O) groups excluding carboxylic acids is 2. The molecule has 142 valence electrons. The summed E-state index contributed by atoms with van der Waals surface area (Å²) in [6.45, 7) is 5.66. The summed E-state index contributed by atoms with van der Waals surface area (Å²) in [5.41, 5.74) is 1.98. The number of nitrogens with one attached hydrogen (secondary N) is 2. The van der Waals surface area contributed by atoms with E-state index in [1.165, 1.54) is 5.56 Å². The van der Waals surface area contributed by atoms with Crippen molar-refractivity contribution in [3.8, 4) is 0 Å². The Labute approximate surface area is 160 Å². The van der Waals surface area contributed by atoms with Crippen LogP contribution in [0.5, 0.6) is 0 Å². The van der Waals surface area contributed by atoms with Gasteiger partial charge in [-0.15, -0.1) is 0 Å². The van der Waals surface area contributed by atoms with E-state index in [9.17, 15) is 9.59 Å². The largest absolute Gasteiger partial charge is 0.338 e. The van der Waals surface area contributed by atoms with Crippen LogP contribution in [0.1, 0.15) is 12.5 Å². The van der Waals surface area contributed by atoms with E-state index in [-0.39, 0.29) is 11.9 Å². The van der Waals surface area contributed by atoms with Gasteiger partial charge in [0, 0.05) is 38.4 Å². The molecule has 0 saturated carbocycles. The summed E-state index contributed by atoms with van der Waals surface area (Å²) in [6.07, 6.45) is 0. The summed E-state index contributed by atoms with van der Waals surface area (Å²) in [7, 11) is 0. The topological polar surface area (TPSA) is 64.7 Å². The van der Waals surface area contributed by atoms with Crippen molar-refractivity contribution in [1.29, 1.82) is 0 Å². The molecule has 0 bridgehead atoms. The van der Waals surface area contributed by atoms with Gasteiger partial charge >= 0.3 is 6.03 Å². The normalized spacial score (nSPS) is 15.8. The minimum Gasteiger partial charge on any atom is -0.338 e. The van der Waals surface area contributed by atoms with Crippen LogP contribution in [-0.4, -0.2) is 54.0 Å². The summed E-state index contributed by atoms with van der Waals surface area (Å²) in [5.74, 6) is -0.0439. The molecular formula is C21H26N4O2. The average Bonchev–Trinajstić information content (AvgIpc) is 2.69. The van der Waals surface area contributed by atoms with E-state index in [1.54, 1.807) is 19.1 Å². The molecule has 27 heavy (non-hydrogen) atoms. The highest BCUT2D eigenvalue weighted by molar-refractivity contribution is 5.93. The van der Waals surface area contributed by atoms with Crippen LogP contribution in [0, 0.1) is 0 Å². The van der Waals surface area contributed by atoms with Gasteiger partial charge in [-0.1, -0.05) is 48.5 Å². The molecule has 6 heteroatoms. The maximum Gasteiger partial charge on any atom is 0.319 e. The van der Waals surface area contributed by atoms with Gasteiger partial charge in [0.25, 0.3) is 0 Å². The van der Waals surface area contributed by atoms with Gasteiger partial charge in [0.15, 0.2) is 0 Å². The summed E-state index contributed by atoms with van der Waals surface area (Å²) in [6, 6.07) is 18.6. The molecule has 6 nitrogen and oxygen atoms in total. The molecule has 1 atom stereocenters. The first-order valence-corrected chi connectivity index (χ1v) is 9.29. The monoisotopic (exact) mass is 366 g/mol. The predicted molar refractivity (Wildman–Crippen MR) is 106 cm³/mol. The van der Waals surface area contributed by atoms with E-state index in [0.29, 0.717) is 18.8 Å². The number of piperazine rings is 1. The van der Waals surface area contributed by atoms with E-state index in [4.69, 9.17) is 0 Å². The van der Waals surface area contributed by atoms with Crippen LogP contribution in [0.25, 0.3) is 0 Å². The molecule has 2 aromatic carbocycles. The Kier molecular flexibility index (Phi) is 6.44. The standard InChI is InChI=1S/C21H26N4O2/c1-17(22-21(27)23-19-10-6-3-7-11-19)20(26)25-14-12-24(13-15-25)16-18-8-4-2-5-9-18/h2-11,17H,12-16H2,1H3,(H2,22,23,27)/t17-/m1/s1. The molecule has 2 aromatic rings. The van der Waals surface area contributed by atoms with Crippen molar-refractivity contribution in [3.05, 3.63) is 66.2 Å². The fourth-order valence-electron chi connectivity index (χ4n) is 3.19. The van der Waals surface area contributed by atoms with Crippen molar-refractivity contribution in [1.82, 2.24) is 15.1 Å². The second-order valence-electron chi connectivity index (χ2n) is 6.77. The summed E-state index contributed by atoms with van der Waals surface area (Å²) < 4.78 is 0. The molecule has 3 amide bonds. The Morgan fingerprint density at radius 3 is 2.15 bits per heavy atom. The first-order chi connectivity index (χ1) is 13.1. The first kappa shape index (κ1) is 18.9. The maximum absolute atomic E-state index is 12.6. The van der Waals surface area contributed by atoms with Crippen LogP contribution < -0.4 is 10.6 Å². The van der Waals surface area contributed by atoms with E-state index >= 15 is 0 Å². The SMILES string of the molecule is C[C@@H](NC(=O)Nc1ccccc1)C(=O)N1CCN(Cc2ccccc2)CC1. The van der Waals surface area contributed by atoms with Gasteiger partial charge in [0.1, 0.15) is 6.04 Å². The molecule has 1 fully saturated rings. The van der Waals surface area contributed by atoms with Crippen LogP contribution in [0.2, 0.25) is 0 Å². The Balaban J connectivity index is 1.43. The third-order valence-corrected chi connectivity index (χ3v) is 4.68. The van der Waals surface area contributed by atoms with Gasteiger partial charge in [0.05, 0.1) is 0 Å². The van der Waals surface area contributed by atoms with Crippen LogP contribution in [0.15, 0.2) is 60.7 Å². The molecular weight excluding hydrogens is 340 g/mol. The molecule has 1 saturated heterocycles. The molecule has 0 radical (unpaired) electrons. The number of benzene rings is 2. The van der Waals surface area contributed by atoms with Crippen molar-refractivity contribution < 1.29 is 9.59 Å². The first-order valence-electron chi connectivity index (χ1n) is 9.29. The Morgan fingerprint density at radius 2 is 1.52 bits per heavy atom. The second kappa shape index (κ2) is 9.19. The lowest BCUT2D eigenvalue weighted by molar-refractivity contribution is -0.134. The number of hydrogen-bond acceptors (Lipinski definition) is 3. The lowest BCUT2D eigenvalue weighted by atomic mass is 10.2. The van der Waals surface area contributed by atoms with Crippen LogP contribution in [0.4, 0.5) is 10.5 Å². The van der Waals surface area contributed by atoms with Crippen molar-refractivity contribution in [2.75, 3.05) is 31.5 Å². The smallest absolute Gasteiger partial charge is 0.319 e. The second-order valence-corrected chi connectivity index (χ2v) is 6.77. The van der Waals surface area contributed by atoms with Crippen LogP contribution >= 0.6 is 0 Å². The lowest BCUT2D eigenvalue weighted by Gasteiger charge is -2.36. The van der Waals surface area contributed by atoms with Gasteiger partial charge < -0.3 is 15.5 Å². The molecule has 2 N–H and O–H groups in total. The fourth-order valence-corrected chi connectivity index (χ4v) is 3.19. The van der Waals surface area contributed by atoms with E-state index in [0.717, 1.165) is 19.6 Å². The minimum atomic E-state index is -0.561. The Hall–Kier alpha value is -2.86. The lowest BCUT2D eigenvalue weighted by Crippen LogP contribution is -2.54. The molecule has 1 aliphatic heterocycles. The van der Waals surface area contributed by atoms with Gasteiger partial charge in [-0.05, 0) is 24.6 Å². The highest BCUT2D eigenvalue weighted by atomic mass is 16.2. The zero-order chi connectivity index (χ0) is 19.1. The summed E-state index contributed by atoms with van der Waals surface area (Å²) in [4.78, 5) is 28.9. The fraction of sp³-hybridized carbons (Fsp3) is 0.333. The number of urea groups is 1. The van der Waals surface area contributed by atoms with Crippen molar-refractivity contribution >= 4 is 17.6 Å². The van der Waals surface area contributed by atoms with Crippen molar-refractivity contribution in [2.24, 2.45) is 0 Å². The summed E-state index contributed by atoms with van der Waals surface area (Å²) >= 11 is 0.